The third kappa shape index (κ3) is 3.98. The van der Waals surface area contributed by atoms with Crippen molar-refractivity contribution in [2.75, 3.05) is 13.7 Å². The molecule has 0 saturated heterocycles. The summed E-state index contributed by atoms with van der Waals surface area (Å²) in [5.74, 6) is 0. The van der Waals surface area contributed by atoms with Crippen LogP contribution in [0.15, 0.2) is 24.5 Å². The maximum absolute atomic E-state index is 5.16. The summed E-state index contributed by atoms with van der Waals surface area (Å²) >= 11 is 0. The number of nitrogens with one attached hydrogen (secondary N) is 1. The fraction of sp³-hybridized carbons (Fsp3) is 0.583. The molecular formula is C12H20N2O. The first-order valence-electron chi connectivity index (χ1n) is 5.42. The number of methoxy groups -OCH3 is 1. The Morgan fingerprint density at radius 1 is 1.40 bits per heavy atom. The van der Waals surface area contributed by atoms with Crippen LogP contribution in [0.25, 0.3) is 0 Å². The summed E-state index contributed by atoms with van der Waals surface area (Å²) < 4.78 is 5.16. The van der Waals surface area contributed by atoms with Crippen molar-refractivity contribution in [1.29, 1.82) is 0 Å². The predicted molar refractivity (Wildman–Crippen MR) is 61.7 cm³/mol. The van der Waals surface area contributed by atoms with Crippen molar-refractivity contribution in [3.8, 4) is 0 Å². The Bertz CT molecular complexity index is 264. The van der Waals surface area contributed by atoms with Crippen LogP contribution in [-0.4, -0.2) is 24.7 Å². The average molecular weight is 208 g/mol. The zero-order valence-electron chi connectivity index (χ0n) is 9.73. The summed E-state index contributed by atoms with van der Waals surface area (Å²) in [6.07, 6.45) is 4.72. The van der Waals surface area contributed by atoms with E-state index in [1.54, 1.807) is 7.11 Å². The molecule has 0 fully saturated rings. The second-order valence-electron chi connectivity index (χ2n) is 3.73. The van der Waals surface area contributed by atoms with E-state index in [4.69, 9.17) is 4.74 Å². The normalized spacial score (nSPS) is 14.9. The van der Waals surface area contributed by atoms with Gasteiger partial charge in [0.2, 0.25) is 0 Å². The monoisotopic (exact) mass is 208 g/mol. The molecule has 0 aromatic carbocycles. The number of nitrogens with zero attached hydrogens (tertiary/aromatic N) is 1. The van der Waals surface area contributed by atoms with Crippen molar-refractivity contribution in [2.24, 2.45) is 0 Å². The van der Waals surface area contributed by atoms with E-state index < -0.39 is 0 Å². The first-order valence-corrected chi connectivity index (χ1v) is 5.42. The number of hydrogen-bond acceptors (Lipinski definition) is 3. The van der Waals surface area contributed by atoms with Gasteiger partial charge in [-0.15, -0.1) is 0 Å². The van der Waals surface area contributed by atoms with E-state index in [0.29, 0.717) is 12.1 Å². The molecule has 1 unspecified atom stereocenters. The molecule has 3 nitrogen and oxygen atoms in total. The molecule has 0 aliphatic rings. The Labute approximate surface area is 91.9 Å². The first-order chi connectivity index (χ1) is 7.27. The van der Waals surface area contributed by atoms with Crippen LogP contribution in [0.1, 0.15) is 31.9 Å². The van der Waals surface area contributed by atoms with Crippen LogP contribution in [-0.2, 0) is 4.74 Å². The molecule has 2 atom stereocenters. The van der Waals surface area contributed by atoms with Gasteiger partial charge in [-0.05, 0) is 31.0 Å². The van der Waals surface area contributed by atoms with Gasteiger partial charge in [0.1, 0.15) is 0 Å². The van der Waals surface area contributed by atoms with Crippen molar-refractivity contribution in [3.05, 3.63) is 30.1 Å². The summed E-state index contributed by atoms with van der Waals surface area (Å²) in [5.41, 5.74) is 1.26. The molecule has 1 N–H and O–H groups in total. The summed E-state index contributed by atoms with van der Waals surface area (Å²) in [5, 5.41) is 3.53. The highest BCUT2D eigenvalue weighted by Gasteiger charge is 2.10. The number of ether oxygens (including phenoxy) is 1. The maximum Gasteiger partial charge on any atom is 0.0615 e. The fourth-order valence-electron chi connectivity index (χ4n) is 1.59. The van der Waals surface area contributed by atoms with Gasteiger partial charge < -0.3 is 10.1 Å². The third-order valence-electron chi connectivity index (χ3n) is 2.55. The highest BCUT2D eigenvalue weighted by Crippen LogP contribution is 2.11. The molecular weight excluding hydrogens is 188 g/mol. The van der Waals surface area contributed by atoms with Gasteiger partial charge in [-0.2, -0.15) is 0 Å². The van der Waals surface area contributed by atoms with Gasteiger partial charge in [0, 0.05) is 31.6 Å². The van der Waals surface area contributed by atoms with Crippen LogP contribution < -0.4 is 5.32 Å². The lowest BCUT2D eigenvalue weighted by Crippen LogP contribution is -2.34. The van der Waals surface area contributed by atoms with Crippen LogP contribution in [0.4, 0.5) is 0 Å². The minimum absolute atomic E-state index is 0.341. The standard InChI is InChI=1S/C12H20N2O/c1-4-12(9-15-3)14-10(2)11-5-7-13-8-6-11/h5-8,10,12,14H,4,9H2,1-3H3/t10-,12?/m1/s1. The van der Waals surface area contributed by atoms with Crippen LogP contribution in [0.5, 0.6) is 0 Å². The van der Waals surface area contributed by atoms with E-state index in [1.807, 2.05) is 24.5 Å². The number of aromatic nitrogens is 1. The smallest absolute Gasteiger partial charge is 0.0615 e. The van der Waals surface area contributed by atoms with E-state index >= 15 is 0 Å². The average Bonchev–Trinajstić information content (AvgIpc) is 2.29. The Morgan fingerprint density at radius 2 is 2.07 bits per heavy atom. The largest absolute Gasteiger partial charge is 0.383 e. The summed E-state index contributed by atoms with van der Waals surface area (Å²) in [6, 6.07) is 4.83. The predicted octanol–water partition coefficient (Wildman–Crippen LogP) is 2.16. The molecule has 1 heterocycles. The first kappa shape index (κ1) is 12.1. The van der Waals surface area contributed by atoms with Crippen molar-refractivity contribution < 1.29 is 4.74 Å². The Hall–Kier alpha value is -0.930. The third-order valence-corrected chi connectivity index (χ3v) is 2.55. The van der Waals surface area contributed by atoms with Crippen LogP contribution in [0.3, 0.4) is 0 Å². The van der Waals surface area contributed by atoms with Gasteiger partial charge in [0.15, 0.2) is 0 Å². The van der Waals surface area contributed by atoms with E-state index in [9.17, 15) is 0 Å². The van der Waals surface area contributed by atoms with Crippen molar-refractivity contribution in [3.63, 3.8) is 0 Å². The second-order valence-corrected chi connectivity index (χ2v) is 3.73. The topological polar surface area (TPSA) is 34.1 Å². The van der Waals surface area contributed by atoms with Gasteiger partial charge >= 0.3 is 0 Å². The van der Waals surface area contributed by atoms with Gasteiger partial charge in [-0.25, -0.2) is 0 Å². The number of hydrogen-bond donors (Lipinski definition) is 1. The van der Waals surface area contributed by atoms with E-state index in [2.05, 4.69) is 24.1 Å². The summed E-state index contributed by atoms with van der Waals surface area (Å²) in [4.78, 5) is 4.01. The van der Waals surface area contributed by atoms with Crippen LogP contribution in [0, 0.1) is 0 Å². The molecule has 0 amide bonds. The highest BCUT2D eigenvalue weighted by atomic mass is 16.5. The summed E-state index contributed by atoms with van der Waals surface area (Å²) in [7, 11) is 1.74. The lowest BCUT2D eigenvalue weighted by Gasteiger charge is -2.21. The van der Waals surface area contributed by atoms with E-state index in [-0.39, 0.29) is 0 Å². The Balaban J connectivity index is 2.50. The van der Waals surface area contributed by atoms with Crippen molar-refractivity contribution >= 4 is 0 Å². The SMILES string of the molecule is CCC(COC)N[C@H](C)c1ccncc1. The molecule has 0 spiro atoms. The molecule has 1 aromatic rings. The van der Waals surface area contributed by atoms with Crippen molar-refractivity contribution in [2.45, 2.75) is 32.4 Å². The second kappa shape index (κ2) is 6.53. The number of rotatable bonds is 6. The van der Waals surface area contributed by atoms with Gasteiger partial charge in [0.05, 0.1) is 6.61 Å². The minimum Gasteiger partial charge on any atom is -0.383 e. The van der Waals surface area contributed by atoms with Gasteiger partial charge in [0.25, 0.3) is 0 Å². The maximum atomic E-state index is 5.16. The van der Waals surface area contributed by atoms with E-state index in [1.165, 1.54) is 5.56 Å². The molecule has 0 saturated carbocycles. The molecule has 15 heavy (non-hydrogen) atoms. The lowest BCUT2D eigenvalue weighted by molar-refractivity contribution is 0.159. The van der Waals surface area contributed by atoms with E-state index in [0.717, 1.165) is 13.0 Å². The fourth-order valence-corrected chi connectivity index (χ4v) is 1.59. The molecule has 3 heteroatoms. The molecule has 0 aliphatic carbocycles. The lowest BCUT2D eigenvalue weighted by atomic mass is 10.1. The highest BCUT2D eigenvalue weighted by molar-refractivity contribution is 5.14. The minimum atomic E-state index is 0.341. The molecule has 0 aliphatic heterocycles. The van der Waals surface area contributed by atoms with Gasteiger partial charge in [-0.1, -0.05) is 6.92 Å². The zero-order chi connectivity index (χ0) is 11.1. The molecule has 1 aromatic heterocycles. The van der Waals surface area contributed by atoms with Gasteiger partial charge in [-0.3, -0.25) is 4.98 Å². The van der Waals surface area contributed by atoms with Crippen LogP contribution >= 0.6 is 0 Å². The van der Waals surface area contributed by atoms with Crippen LogP contribution in [0.2, 0.25) is 0 Å². The molecule has 0 bridgehead atoms. The molecule has 84 valence electrons. The Kier molecular flexibility index (Phi) is 5.29. The molecule has 1 rings (SSSR count). The number of pyridine rings is 1. The molecule has 0 radical (unpaired) electrons. The van der Waals surface area contributed by atoms with Crippen molar-refractivity contribution in [1.82, 2.24) is 10.3 Å². The zero-order valence-corrected chi connectivity index (χ0v) is 9.73. The quantitative estimate of drug-likeness (QED) is 0.778. The summed E-state index contributed by atoms with van der Waals surface area (Å²) in [6.45, 7) is 5.08. The Morgan fingerprint density at radius 3 is 2.60 bits per heavy atom.